The van der Waals surface area contributed by atoms with Crippen molar-refractivity contribution in [3.63, 3.8) is 0 Å². The molecule has 0 bridgehead atoms. The van der Waals surface area contributed by atoms with Crippen LogP contribution < -0.4 is 15.0 Å². The van der Waals surface area contributed by atoms with Gasteiger partial charge in [0.25, 0.3) is 0 Å². The van der Waals surface area contributed by atoms with Gasteiger partial charge in [0.05, 0.1) is 31.2 Å². The average molecular weight is 668 g/mol. The van der Waals surface area contributed by atoms with E-state index in [1.54, 1.807) is 45.0 Å². The van der Waals surface area contributed by atoms with Crippen LogP contribution in [-0.4, -0.2) is 55.7 Å². The Kier molecular flexibility index (Phi) is 11.9. The zero-order valence-corrected chi connectivity index (χ0v) is 27.5. The van der Waals surface area contributed by atoms with E-state index in [0.29, 0.717) is 17.3 Å². The first-order valence-corrected chi connectivity index (χ1v) is 17.2. The number of para-hydroxylation sites is 1. The van der Waals surface area contributed by atoms with Crippen LogP contribution in [0.1, 0.15) is 50.1 Å². The van der Waals surface area contributed by atoms with E-state index in [2.05, 4.69) is 9.71 Å². The van der Waals surface area contributed by atoms with Crippen LogP contribution >= 0.6 is 11.3 Å². The van der Waals surface area contributed by atoms with Gasteiger partial charge >= 0.3 is 5.97 Å². The third kappa shape index (κ3) is 9.12. The SMILES string of the molecule is CCOC(=O)CCCOc1ccccc1C(NS(=O)(=O)c1ccc2[nH]c(=O)ccc2c1)C(=O)N(CC(=O)C(C)C)Cc1cccs1. The number of benzene rings is 2. The summed E-state index contributed by atoms with van der Waals surface area (Å²) in [4.78, 5) is 55.6. The van der Waals surface area contributed by atoms with Gasteiger partial charge in [0, 0.05) is 34.4 Å². The number of ketones is 1. The van der Waals surface area contributed by atoms with Gasteiger partial charge in [0.2, 0.25) is 21.5 Å². The van der Waals surface area contributed by atoms with Gasteiger partial charge in [0.15, 0.2) is 5.78 Å². The number of hydrogen-bond acceptors (Lipinski definition) is 9. The Morgan fingerprint density at radius 3 is 2.52 bits per heavy atom. The summed E-state index contributed by atoms with van der Waals surface area (Å²) in [6.45, 7) is 5.45. The maximum atomic E-state index is 14.4. The molecular formula is C33H37N3O8S2. The number of esters is 1. The van der Waals surface area contributed by atoms with E-state index >= 15 is 0 Å². The Bertz CT molecular complexity index is 1830. The van der Waals surface area contributed by atoms with Crippen LogP contribution in [0.2, 0.25) is 0 Å². The van der Waals surface area contributed by atoms with Crippen molar-refractivity contribution in [1.82, 2.24) is 14.6 Å². The first-order valence-electron chi connectivity index (χ1n) is 14.8. The summed E-state index contributed by atoms with van der Waals surface area (Å²) in [6, 6.07) is 15.8. The first-order chi connectivity index (χ1) is 22.0. The lowest BCUT2D eigenvalue weighted by Gasteiger charge is -2.29. The predicted octanol–water partition coefficient (Wildman–Crippen LogP) is 4.59. The van der Waals surface area contributed by atoms with E-state index in [0.717, 1.165) is 4.88 Å². The number of Topliss-reactive ketones (excluding diaryl/α,β-unsaturated/α-hetero) is 1. The van der Waals surface area contributed by atoms with Crippen LogP contribution in [0.5, 0.6) is 5.75 Å². The minimum absolute atomic E-state index is 0.0963. The highest BCUT2D eigenvalue weighted by atomic mass is 32.2. The van der Waals surface area contributed by atoms with E-state index in [-0.39, 0.29) is 72.2 Å². The Morgan fingerprint density at radius 2 is 1.80 bits per heavy atom. The summed E-state index contributed by atoms with van der Waals surface area (Å²) in [7, 11) is -4.34. The highest BCUT2D eigenvalue weighted by molar-refractivity contribution is 7.89. The first kappa shape index (κ1) is 34.5. The molecule has 1 amide bonds. The lowest BCUT2D eigenvalue weighted by Crippen LogP contribution is -2.45. The van der Waals surface area contributed by atoms with E-state index in [1.165, 1.54) is 46.6 Å². The second-order valence-electron chi connectivity index (χ2n) is 10.8. The maximum Gasteiger partial charge on any atom is 0.305 e. The summed E-state index contributed by atoms with van der Waals surface area (Å²) < 4.78 is 41.3. The monoisotopic (exact) mass is 667 g/mol. The Balaban J connectivity index is 1.72. The number of aromatic nitrogens is 1. The number of aromatic amines is 1. The van der Waals surface area contributed by atoms with Crippen molar-refractivity contribution in [3.8, 4) is 5.75 Å². The molecule has 0 aliphatic rings. The van der Waals surface area contributed by atoms with Gasteiger partial charge in [-0.25, -0.2) is 8.42 Å². The normalized spacial score (nSPS) is 12.2. The molecule has 0 radical (unpaired) electrons. The van der Waals surface area contributed by atoms with Crippen molar-refractivity contribution >= 4 is 49.9 Å². The fourth-order valence-corrected chi connectivity index (χ4v) is 6.53. The van der Waals surface area contributed by atoms with E-state index < -0.39 is 22.0 Å². The van der Waals surface area contributed by atoms with E-state index in [1.807, 2.05) is 17.5 Å². The van der Waals surface area contributed by atoms with Crippen LogP contribution in [0, 0.1) is 5.92 Å². The van der Waals surface area contributed by atoms with Crippen molar-refractivity contribution in [2.45, 2.75) is 51.1 Å². The van der Waals surface area contributed by atoms with E-state index in [4.69, 9.17) is 9.47 Å². The molecule has 2 aromatic carbocycles. The Labute approximate surface area is 271 Å². The van der Waals surface area contributed by atoms with Gasteiger partial charge < -0.3 is 19.4 Å². The van der Waals surface area contributed by atoms with Crippen molar-refractivity contribution in [2.24, 2.45) is 5.92 Å². The van der Waals surface area contributed by atoms with Gasteiger partial charge in [-0.2, -0.15) is 4.72 Å². The number of fused-ring (bicyclic) bond motifs is 1. The van der Waals surface area contributed by atoms with Crippen LogP contribution in [0.25, 0.3) is 10.9 Å². The zero-order valence-electron chi connectivity index (χ0n) is 25.9. The Morgan fingerprint density at radius 1 is 1.02 bits per heavy atom. The molecule has 4 rings (SSSR count). The lowest BCUT2D eigenvalue weighted by molar-refractivity contribution is -0.143. The summed E-state index contributed by atoms with van der Waals surface area (Å²) in [6.07, 6.45) is 0.466. The fourth-order valence-electron chi connectivity index (χ4n) is 4.61. The van der Waals surface area contributed by atoms with Crippen LogP contribution in [-0.2, 0) is 35.7 Å². The number of pyridine rings is 1. The minimum Gasteiger partial charge on any atom is -0.493 e. The van der Waals surface area contributed by atoms with Gasteiger partial charge in [0.1, 0.15) is 11.8 Å². The molecule has 4 aromatic rings. The van der Waals surface area contributed by atoms with Gasteiger partial charge in [-0.15, -0.1) is 11.3 Å². The fraction of sp³-hybridized carbons (Fsp3) is 0.333. The molecule has 0 spiro atoms. The molecule has 0 aliphatic heterocycles. The molecule has 0 saturated heterocycles. The van der Waals surface area contributed by atoms with Crippen LogP contribution in [0.15, 0.2) is 81.8 Å². The highest BCUT2D eigenvalue weighted by Crippen LogP contribution is 2.30. The number of sulfonamides is 1. The van der Waals surface area contributed by atoms with Crippen molar-refractivity contribution in [3.05, 3.63) is 92.9 Å². The standard InChI is InChI=1S/C33H37N3O8S2/c1-4-43-31(39)12-7-17-44-29-11-6-5-10-26(29)32(33(40)36(21-28(37)22(2)3)20-24-9-8-18-45-24)35-46(41,42)25-14-15-27-23(19-25)13-16-30(38)34-27/h5-6,8-11,13-16,18-19,22,32,35H,4,7,12,17,20-21H2,1-3H3,(H,34,38). The van der Waals surface area contributed by atoms with Crippen molar-refractivity contribution in [2.75, 3.05) is 19.8 Å². The summed E-state index contributed by atoms with van der Waals surface area (Å²) in [5.74, 6) is -1.29. The molecule has 2 heterocycles. The van der Waals surface area contributed by atoms with Crippen molar-refractivity contribution in [1.29, 1.82) is 0 Å². The van der Waals surface area contributed by atoms with Crippen molar-refractivity contribution < 1.29 is 32.3 Å². The van der Waals surface area contributed by atoms with Gasteiger partial charge in [-0.3, -0.25) is 19.2 Å². The maximum absolute atomic E-state index is 14.4. The molecule has 2 N–H and O–H groups in total. The number of carbonyl (C=O) groups excluding carboxylic acids is 3. The average Bonchev–Trinajstić information content (AvgIpc) is 3.54. The summed E-state index contributed by atoms with van der Waals surface area (Å²) in [5.41, 5.74) is 0.369. The molecule has 2 aromatic heterocycles. The predicted molar refractivity (Wildman–Crippen MR) is 175 cm³/mol. The molecule has 0 saturated carbocycles. The highest BCUT2D eigenvalue weighted by Gasteiger charge is 2.34. The molecule has 46 heavy (non-hydrogen) atoms. The molecule has 0 aliphatic carbocycles. The second-order valence-corrected chi connectivity index (χ2v) is 13.6. The smallest absolute Gasteiger partial charge is 0.305 e. The van der Waals surface area contributed by atoms with Crippen LogP contribution in [0.4, 0.5) is 0 Å². The number of carbonyl (C=O) groups is 3. The van der Waals surface area contributed by atoms with Gasteiger partial charge in [-0.05, 0) is 60.5 Å². The number of hydrogen-bond donors (Lipinski definition) is 2. The number of amides is 1. The number of ether oxygens (including phenoxy) is 2. The molecule has 0 fully saturated rings. The summed E-state index contributed by atoms with van der Waals surface area (Å²) in [5, 5.41) is 2.34. The minimum atomic E-state index is -4.34. The van der Waals surface area contributed by atoms with Gasteiger partial charge in [-0.1, -0.05) is 38.1 Å². The number of rotatable bonds is 16. The largest absolute Gasteiger partial charge is 0.493 e. The molecule has 13 heteroatoms. The molecule has 1 unspecified atom stereocenters. The van der Waals surface area contributed by atoms with Crippen LogP contribution in [0.3, 0.4) is 0 Å². The molecular weight excluding hydrogens is 631 g/mol. The Hall–Kier alpha value is -4.33. The molecule has 11 nitrogen and oxygen atoms in total. The number of thiophene rings is 1. The molecule has 1 atom stereocenters. The third-order valence-electron chi connectivity index (χ3n) is 7.07. The quantitative estimate of drug-likeness (QED) is 0.130. The zero-order chi connectivity index (χ0) is 33.3. The number of nitrogens with one attached hydrogen (secondary N) is 2. The number of nitrogens with zero attached hydrogens (tertiary/aromatic N) is 1. The molecule has 244 valence electrons. The summed E-state index contributed by atoms with van der Waals surface area (Å²) >= 11 is 1.41. The topological polar surface area (TPSA) is 152 Å². The second kappa shape index (κ2) is 15.8. The lowest BCUT2D eigenvalue weighted by atomic mass is 10.0. The number of H-pyrrole nitrogens is 1. The van der Waals surface area contributed by atoms with E-state index in [9.17, 15) is 27.6 Å². The third-order valence-corrected chi connectivity index (χ3v) is 9.35.